The molecule has 1 aromatic carbocycles. The van der Waals surface area contributed by atoms with Gasteiger partial charge in [0, 0.05) is 5.56 Å². The molecule has 0 spiro atoms. The van der Waals surface area contributed by atoms with Crippen LogP contribution >= 0.6 is 0 Å². The van der Waals surface area contributed by atoms with Gasteiger partial charge in [-0.25, -0.2) is 4.79 Å². The molecule has 1 atom stereocenters. The minimum Gasteiger partial charge on any atom is -0.510 e. The molecule has 2 rings (SSSR count). The number of cyclic esters (lactones) is 2. The Balaban J connectivity index is 2.38. The monoisotopic (exact) mass is 360 g/mol. The first-order chi connectivity index (χ1) is 12.3. The van der Waals surface area contributed by atoms with Gasteiger partial charge in [-0.15, -0.1) is 0 Å². The third kappa shape index (κ3) is 3.49. The Morgan fingerprint density at radius 1 is 1.19 bits per heavy atom. The van der Waals surface area contributed by atoms with Crippen LogP contribution in [0.3, 0.4) is 0 Å². The number of allylic oxidation sites excluding steroid dienone is 1. The molecule has 8 heteroatoms. The van der Waals surface area contributed by atoms with Gasteiger partial charge >= 0.3 is 11.9 Å². The summed E-state index contributed by atoms with van der Waals surface area (Å²) in [6.07, 6.45) is 2.38. The Bertz CT molecular complexity index is 847. The molecule has 0 aliphatic carbocycles. The molecule has 1 N–H and O–H groups in total. The van der Waals surface area contributed by atoms with Crippen molar-refractivity contribution >= 4 is 29.6 Å². The van der Waals surface area contributed by atoms with Crippen molar-refractivity contribution in [2.45, 2.75) is 6.92 Å². The van der Waals surface area contributed by atoms with Gasteiger partial charge in [0.2, 0.25) is 0 Å². The van der Waals surface area contributed by atoms with Crippen LogP contribution in [0.1, 0.15) is 12.5 Å². The molecule has 0 saturated carbocycles. The zero-order chi connectivity index (χ0) is 19.4. The Hall–Kier alpha value is -3.42. The molecule has 136 valence electrons. The number of carbonyl (C=O) groups excluding carboxylic acids is 4. The molecule has 0 saturated heterocycles. The van der Waals surface area contributed by atoms with Gasteiger partial charge in [0.15, 0.2) is 29.0 Å². The maximum atomic E-state index is 12.3. The molecular weight excluding hydrogens is 344 g/mol. The second-order valence-electron chi connectivity index (χ2n) is 5.28. The SMILES string of the molecule is COc1cccc(/C=C/C(=O)C2C(=O)OC(=O)C(C(C)=O)=C2O)c1OC. The number of aliphatic hydroxyl groups is 1. The Kier molecular flexibility index (Phi) is 5.56. The second kappa shape index (κ2) is 7.64. The first-order valence-corrected chi connectivity index (χ1v) is 7.44. The smallest absolute Gasteiger partial charge is 0.352 e. The summed E-state index contributed by atoms with van der Waals surface area (Å²) in [6, 6.07) is 4.98. The highest BCUT2D eigenvalue weighted by Crippen LogP contribution is 2.32. The maximum absolute atomic E-state index is 12.3. The fourth-order valence-electron chi connectivity index (χ4n) is 2.45. The number of rotatable bonds is 6. The van der Waals surface area contributed by atoms with Gasteiger partial charge in [-0.3, -0.25) is 14.4 Å². The van der Waals surface area contributed by atoms with E-state index in [9.17, 15) is 24.3 Å². The summed E-state index contributed by atoms with van der Waals surface area (Å²) in [5.74, 6) is -6.08. The highest BCUT2D eigenvalue weighted by Gasteiger charge is 2.42. The molecule has 26 heavy (non-hydrogen) atoms. The molecule has 0 radical (unpaired) electrons. The predicted molar refractivity (Wildman–Crippen MR) is 88.5 cm³/mol. The zero-order valence-electron chi connectivity index (χ0n) is 14.3. The quantitative estimate of drug-likeness (QED) is 0.350. The lowest BCUT2D eigenvalue weighted by Gasteiger charge is -2.19. The standard InChI is InChI=1S/C18H16O8/c1-9(19)13-15(21)14(18(23)26-17(13)22)11(20)8-7-10-5-4-6-12(24-2)16(10)25-3/h4-8,14,21H,1-3H3/b8-7+. The van der Waals surface area contributed by atoms with Crippen molar-refractivity contribution in [3.63, 3.8) is 0 Å². The number of methoxy groups -OCH3 is 2. The van der Waals surface area contributed by atoms with Crippen molar-refractivity contribution in [1.82, 2.24) is 0 Å². The number of benzene rings is 1. The number of aliphatic hydroxyl groups excluding tert-OH is 1. The van der Waals surface area contributed by atoms with E-state index < -0.39 is 40.8 Å². The Labute approximate surface area is 148 Å². The van der Waals surface area contributed by atoms with Gasteiger partial charge in [-0.1, -0.05) is 12.1 Å². The van der Waals surface area contributed by atoms with E-state index >= 15 is 0 Å². The average Bonchev–Trinajstić information content (AvgIpc) is 2.58. The summed E-state index contributed by atoms with van der Waals surface area (Å²) in [5.41, 5.74) is -0.231. The van der Waals surface area contributed by atoms with Crippen LogP contribution in [0.25, 0.3) is 6.08 Å². The van der Waals surface area contributed by atoms with Gasteiger partial charge in [0.1, 0.15) is 11.3 Å². The van der Waals surface area contributed by atoms with E-state index in [2.05, 4.69) is 4.74 Å². The van der Waals surface area contributed by atoms with Crippen LogP contribution in [0.2, 0.25) is 0 Å². The molecule has 1 aliphatic rings. The number of esters is 2. The first kappa shape index (κ1) is 18.9. The van der Waals surface area contributed by atoms with Crippen LogP contribution in [0.4, 0.5) is 0 Å². The highest BCUT2D eigenvalue weighted by atomic mass is 16.6. The highest BCUT2D eigenvalue weighted by molar-refractivity contribution is 6.24. The third-order valence-corrected chi connectivity index (χ3v) is 3.66. The zero-order valence-corrected chi connectivity index (χ0v) is 14.3. The van der Waals surface area contributed by atoms with E-state index in [4.69, 9.17) is 9.47 Å². The Morgan fingerprint density at radius 3 is 2.46 bits per heavy atom. The average molecular weight is 360 g/mol. The van der Waals surface area contributed by atoms with E-state index in [-0.39, 0.29) is 0 Å². The van der Waals surface area contributed by atoms with Crippen molar-refractivity contribution in [3.8, 4) is 11.5 Å². The van der Waals surface area contributed by atoms with Gasteiger partial charge in [-0.2, -0.15) is 0 Å². The lowest BCUT2D eigenvalue weighted by atomic mass is 9.93. The molecule has 1 aromatic rings. The second-order valence-corrected chi connectivity index (χ2v) is 5.28. The van der Waals surface area contributed by atoms with Crippen molar-refractivity contribution in [2.24, 2.45) is 5.92 Å². The maximum Gasteiger partial charge on any atom is 0.352 e. The Morgan fingerprint density at radius 2 is 1.88 bits per heavy atom. The lowest BCUT2D eigenvalue weighted by Crippen LogP contribution is -2.37. The minimum absolute atomic E-state index is 0.365. The summed E-state index contributed by atoms with van der Waals surface area (Å²) in [7, 11) is 2.88. The number of Topliss-reactive ketones (excluding diaryl/α,β-unsaturated/α-hetero) is 1. The fraction of sp³-hybridized carbons (Fsp3) is 0.222. The van der Waals surface area contributed by atoms with E-state index in [1.54, 1.807) is 18.2 Å². The topological polar surface area (TPSA) is 116 Å². The van der Waals surface area contributed by atoms with Gasteiger partial charge in [0.05, 0.1) is 14.2 Å². The fourth-order valence-corrected chi connectivity index (χ4v) is 2.45. The van der Waals surface area contributed by atoms with Gasteiger partial charge in [0.25, 0.3) is 0 Å². The van der Waals surface area contributed by atoms with Crippen LogP contribution in [-0.2, 0) is 23.9 Å². The number of hydrogen-bond donors (Lipinski definition) is 1. The molecule has 8 nitrogen and oxygen atoms in total. The summed E-state index contributed by atoms with van der Waals surface area (Å²) >= 11 is 0. The van der Waals surface area contributed by atoms with Crippen LogP contribution < -0.4 is 9.47 Å². The summed E-state index contributed by atoms with van der Waals surface area (Å²) < 4.78 is 14.8. The normalized spacial score (nSPS) is 17.3. The van der Waals surface area contributed by atoms with Gasteiger partial charge < -0.3 is 19.3 Å². The molecule has 0 bridgehead atoms. The molecule has 0 aromatic heterocycles. The van der Waals surface area contributed by atoms with E-state index in [1.807, 2.05) is 0 Å². The van der Waals surface area contributed by atoms with Crippen LogP contribution in [-0.4, -0.2) is 42.8 Å². The van der Waals surface area contributed by atoms with Crippen LogP contribution in [0.15, 0.2) is 35.6 Å². The molecule has 0 fully saturated rings. The molecule has 0 amide bonds. The number of ketones is 2. The van der Waals surface area contributed by atoms with E-state index in [1.165, 1.54) is 20.3 Å². The van der Waals surface area contributed by atoms with Crippen LogP contribution in [0, 0.1) is 5.92 Å². The minimum atomic E-state index is -1.78. The predicted octanol–water partition coefficient (Wildman–Crippen LogP) is 1.39. The number of ether oxygens (including phenoxy) is 3. The molecular formula is C18H16O8. The number of para-hydroxylation sites is 1. The summed E-state index contributed by atoms with van der Waals surface area (Å²) in [5, 5.41) is 10.0. The lowest BCUT2D eigenvalue weighted by molar-refractivity contribution is -0.162. The first-order valence-electron chi connectivity index (χ1n) is 7.44. The summed E-state index contributed by atoms with van der Waals surface area (Å²) in [6.45, 7) is 1.01. The molecule has 1 unspecified atom stereocenters. The largest absolute Gasteiger partial charge is 0.510 e. The number of hydrogen-bond acceptors (Lipinski definition) is 8. The van der Waals surface area contributed by atoms with E-state index in [0.717, 1.165) is 13.0 Å². The van der Waals surface area contributed by atoms with Crippen molar-refractivity contribution < 1.29 is 38.5 Å². The van der Waals surface area contributed by atoms with Crippen LogP contribution in [0.5, 0.6) is 11.5 Å². The van der Waals surface area contributed by atoms with Crippen molar-refractivity contribution in [3.05, 3.63) is 41.2 Å². The van der Waals surface area contributed by atoms with Crippen molar-refractivity contribution in [2.75, 3.05) is 14.2 Å². The molecule has 1 aliphatic heterocycles. The number of carbonyl (C=O) groups is 4. The third-order valence-electron chi connectivity index (χ3n) is 3.66. The van der Waals surface area contributed by atoms with Crippen molar-refractivity contribution in [1.29, 1.82) is 0 Å². The van der Waals surface area contributed by atoms with E-state index in [0.29, 0.717) is 17.1 Å². The molecule has 1 heterocycles. The summed E-state index contributed by atoms with van der Waals surface area (Å²) in [4.78, 5) is 47.1. The van der Waals surface area contributed by atoms with Gasteiger partial charge in [-0.05, 0) is 25.1 Å².